The third kappa shape index (κ3) is 3.67. The molecule has 9 nitrogen and oxygen atoms in total. The molecule has 0 spiro atoms. The van der Waals surface area contributed by atoms with Gasteiger partial charge >= 0.3 is 0 Å². The molecule has 2 heterocycles. The average molecular weight is 446 g/mol. The molecule has 0 bridgehead atoms. The fourth-order valence-electron chi connectivity index (χ4n) is 4.19. The van der Waals surface area contributed by atoms with Crippen molar-refractivity contribution in [3.63, 3.8) is 0 Å². The van der Waals surface area contributed by atoms with Gasteiger partial charge in [-0.05, 0) is 35.9 Å². The summed E-state index contributed by atoms with van der Waals surface area (Å²) in [5, 5.41) is 15.2. The zero-order chi connectivity index (χ0) is 23.1. The minimum absolute atomic E-state index is 0.0198. The highest BCUT2D eigenvalue weighted by Crippen LogP contribution is 2.39. The summed E-state index contributed by atoms with van der Waals surface area (Å²) in [6.45, 7) is 0.450. The Balaban J connectivity index is 1.57. The Morgan fingerprint density at radius 3 is 2.67 bits per heavy atom. The van der Waals surface area contributed by atoms with Crippen molar-refractivity contribution in [1.82, 2.24) is 4.90 Å². The van der Waals surface area contributed by atoms with Crippen LogP contribution in [0.4, 0.5) is 17.1 Å². The number of hydrogen-bond acceptors (Lipinski definition) is 7. The van der Waals surface area contributed by atoms with Crippen LogP contribution in [-0.4, -0.2) is 36.6 Å². The topological polar surface area (TPSA) is 97.2 Å². The van der Waals surface area contributed by atoms with Crippen LogP contribution in [0.2, 0.25) is 0 Å². The number of ether oxygens (including phenoxy) is 2. The molecule has 1 amide bonds. The lowest BCUT2D eigenvalue weighted by atomic mass is 10.0. The highest BCUT2D eigenvalue weighted by molar-refractivity contribution is 6.01. The number of carbonyl (C=O) groups excluding carboxylic acids is 1. The van der Waals surface area contributed by atoms with E-state index in [0.29, 0.717) is 34.0 Å². The molecule has 2 aliphatic rings. The first-order valence-corrected chi connectivity index (χ1v) is 10.4. The monoisotopic (exact) mass is 446 g/mol. The van der Waals surface area contributed by atoms with Crippen molar-refractivity contribution in [1.29, 1.82) is 0 Å². The molecule has 168 valence electrons. The maximum Gasteiger partial charge on any atom is 0.292 e. The van der Waals surface area contributed by atoms with Gasteiger partial charge in [-0.3, -0.25) is 14.9 Å². The fraction of sp³-hybridized carbons (Fsp3) is 0.208. The molecule has 9 heteroatoms. The van der Waals surface area contributed by atoms with Crippen molar-refractivity contribution >= 4 is 23.0 Å². The predicted octanol–water partition coefficient (Wildman–Crippen LogP) is 4.16. The average Bonchev–Trinajstić information content (AvgIpc) is 3.28. The Hall–Kier alpha value is -4.27. The molecule has 3 aromatic carbocycles. The van der Waals surface area contributed by atoms with Crippen molar-refractivity contribution in [3.8, 4) is 11.5 Å². The van der Waals surface area contributed by atoms with E-state index < -0.39 is 11.1 Å². The second-order valence-electron chi connectivity index (χ2n) is 8.11. The molecule has 0 saturated carbocycles. The molecule has 0 radical (unpaired) electrons. The summed E-state index contributed by atoms with van der Waals surface area (Å²) >= 11 is 0. The van der Waals surface area contributed by atoms with Crippen LogP contribution in [-0.2, 0) is 6.54 Å². The molecular weight excluding hydrogens is 424 g/mol. The van der Waals surface area contributed by atoms with Crippen LogP contribution in [0.1, 0.15) is 27.7 Å². The summed E-state index contributed by atoms with van der Waals surface area (Å²) in [7, 11) is 3.51. The SMILES string of the molecule is CN(C)c1ccc([C@@H]2Nc3ccccc3C(=O)N2Cc2ccc3c(c2)OCO3)cc1[N+](=O)[O-]. The Labute approximate surface area is 190 Å². The van der Waals surface area contributed by atoms with E-state index in [1.807, 2.05) is 42.5 Å². The highest BCUT2D eigenvalue weighted by Gasteiger charge is 2.34. The van der Waals surface area contributed by atoms with Crippen LogP contribution in [0.15, 0.2) is 60.7 Å². The van der Waals surface area contributed by atoms with Gasteiger partial charge in [0.15, 0.2) is 11.5 Å². The zero-order valence-corrected chi connectivity index (χ0v) is 18.1. The third-order valence-corrected chi connectivity index (χ3v) is 5.81. The first-order chi connectivity index (χ1) is 15.9. The van der Waals surface area contributed by atoms with Crippen LogP contribution < -0.4 is 19.7 Å². The number of amides is 1. The number of nitrogens with one attached hydrogen (secondary N) is 1. The number of nitro benzene ring substituents is 1. The summed E-state index contributed by atoms with van der Waals surface area (Å²) in [6.07, 6.45) is -0.590. The van der Waals surface area contributed by atoms with Crippen molar-refractivity contribution in [2.75, 3.05) is 31.1 Å². The van der Waals surface area contributed by atoms with Crippen molar-refractivity contribution in [2.24, 2.45) is 0 Å². The van der Waals surface area contributed by atoms with E-state index in [9.17, 15) is 14.9 Å². The molecule has 0 saturated heterocycles. The van der Waals surface area contributed by atoms with Crippen LogP contribution in [0.3, 0.4) is 0 Å². The van der Waals surface area contributed by atoms with Crippen LogP contribution >= 0.6 is 0 Å². The third-order valence-electron chi connectivity index (χ3n) is 5.81. The molecule has 0 aromatic heterocycles. The Bertz CT molecular complexity index is 1260. The molecule has 1 N–H and O–H groups in total. The van der Waals surface area contributed by atoms with Crippen molar-refractivity contribution < 1.29 is 19.2 Å². The van der Waals surface area contributed by atoms with Gasteiger partial charge in [0.1, 0.15) is 11.9 Å². The normalized spacial score (nSPS) is 16.2. The lowest BCUT2D eigenvalue weighted by Gasteiger charge is -2.38. The van der Waals surface area contributed by atoms with E-state index in [2.05, 4.69) is 5.32 Å². The highest BCUT2D eigenvalue weighted by atomic mass is 16.7. The molecule has 3 aromatic rings. The van der Waals surface area contributed by atoms with Gasteiger partial charge in [-0.15, -0.1) is 0 Å². The van der Waals surface area contributed by atoms with Gasteiger partial charge in [-0.1, -0.05) is 24.3 Å². The van der Waals surface area contributed by atoms with Crippen LogP contribution in [0.5, 0.6) is 11.5 Å². The largest absolute Gasteiger partial charge is 0.454 e. The number of benzene rings is 3. The Morgan fingerprint density at radius 2 is 1.88 bits per heavy atom. The smallest absolute Gasteiger partial charge is 0.292 e. The summed E-state index contributed by atoms with van der Waals surface area (Å²) in [5.41, 5.74) is 3.19. The molecule has 33 heavy (non-hydrogen) atoms. The zero-order valence-electron chi connectivity index (χ0n) is 18.1. The van der Waals surface area contributed by atoms with E-state index in [1.165, 1.54) is 6.07 Å². The number of nitro groups is 1. The Kier molecular flexibility index (Phi) is 5.01. The number of nitrogens with zero attached hydrogens (tertiary/aromatic N) is 3. The first-order valence-electron chi connectivity index (χ1n) is 10.4. The first kappa shape index (κ1) is 20.6. The van der Waals surface area contributed by atoms with Gasteiger partial charge in [0.2, 0.25) is 6.79 Å². The van der Waals surface area contributed by atoms with Gasteiger partial charge in [-0.2, -0.15) is 0 Å². The fourth-order valence-corrected chi connectivity index (χ4v) is 4.19. The predicted molar refractivity (Wildman–Crippen MR) is 123 cm³/mol. The molecule has 0 fully saturated rings. The number of rotatable bonds is 5. The van der Waals surface area contributed by atoms with E-state index in [0.717, 1.165) is 5.56 Å². The Morgan fingerprint density at radius 1 is 1.09 bits per heavy atom. The van der Waals surface area contributed by atoms with Gasteiger partial charge < -0.3 is 24.6 Å². The number of carbonyl (C=O) groups is 1. The minimum atomic E-state index is -0.590. The van der Waals surface area contributed by atoms with Gasteiger partial charge in [0.25, 0.3) is 11.6 Å². The van der Waals surface area contributed by atoms with E-state index in [-0.39, 0.29) is 24.9 Å². The van der Waals surface area contributed by atoms with E-state index in [1.54, 1.807) is 36.0 Å². The number of hydrogen-bond donors (Lipinski definition) is 1. The number of fused-ring (bicyclic) bond motifs is 2. The second kappa shape index (κ2) is 8.01. The van der Waals surface area contributed by atoms with Crippen LogP contribution in [0, 0.1) is 10.1 Å². The molecular formula is C24H22N4O5. The number of anilines is 2. The lowest BCUT2D eigenvalue weighted by Crippen LogP contribution is -2.42. The van der Waals surface area contributed by atoms with E-state index >= 15 is 0 Å². The minimum Gasteiger partial charge on any atom is -0.454 e. The lowest BCUT2D eigenvalue weighted by molar-refractivity contribution is -0.384. The van der Waals surface area contributed by atoms with Gasteiger partial charge in [-0.25, -0.2) is 0 Å². The molecule has 0 unspecified atom stereocenters. The molecule has 0 aliphatic carbocycles. The molecule has 2 aliphatic heterocycles. The van der Waals surface area contributed by atoms with Crippen molar-refractivity contribution in [3.05, 3.63) is 87.5 Å². The van der Waals surface area contributed by atoms with Gasteiger partial charge in [0.05, 0.1) is 10.5 Å². The van der Waals surface area contributed by atoms with Gasteiger partial charge in [0, 0.05) is 38.0 Å². The standard InChI is InChI=1S/C24H22N4O5/c1-26(2)19-9-8-16(12-20(19)28(30)31)23-25-18-6-4-3-5-17(18)24(29)27(23)13-15-7-10-21-22(11-15)33-14-32-21/h3-12,23,25H,13-14H2,1-2H3/t23-/m1/s1. The van der Waals surface area contributed by atoms with Crippen molar-refractivity contribution in [2.45, 2.75) is 12.7 Å². The second-order valence-corrected chi connectivity index (χ2v) is 8.11. The van der Waals surface area contributed by atoms with Crippen LogP contribution in [0.25, 0.3) is 0 Å². The maximum atomic E-state index is 13.5. The molecule has 5 rings (SSSR count). The molecule has 1 atom stereocenters. The van der Waals surface area contributed by atoms with E-state index in [4.69, 9.17) is 9.47 Å². The summed E-state index contributed by atoms with van der Waals surface area (Å²) in [4.78, 5) is 28.2. The summed E-state index contributed by atoms with van der Waals surface area (Å²) < 4.78 is 10.9. The maximum absolute atomic E-state index is 13.5. The summed E-state index contributed by atoms with van der Waals surface area (Å²) in [5.74, 6) is 1.14. The number of para-hydroxylation sites is 1. The quantitative estimate of drug-likeness (QED) is 0.464. The summed E-state index contributed by atoms with van der Waals surface area (Å²) in [6, 6.07) is 17.9.